The second-order valence-electron chi connectivity index (χ2n) is 6.34. The van der Waals surface area contributed by atoms with Crippen LogP contribution in [-0.4, -0.2) is 22.6 Å². The summed E-state index contributed by atoms with van der Waals surface area (Å²) in [7, 11) is 0. The number of hydrogen-bond acceptors (Lipinski definition) is 3. The van der Waals surface area contributed by atoms with Gasteiger partial charge in [0.1, 0.15) is 5.82 Å². The van der Waals surface area contributed by atoms with E-state index in [1.54, 1.807) is 0 Å². The van der Waals surface area contributed by atoms with E-state index in [4.69, 9.17) is 9.97 Å². The van der Waals surface area contributed by atoms with E-state index in [1.165, 1.54) is 23.4 Å². The number of aryl methyl sites for hydroxylation is 2. The van der Waals surface area contributed by atoms with Gasteiger partial charge in [0.05, 0.1) is 0 Å². The third-order valence-electron chi connectivity index (χ3n) is 4.23. The molecule has 1 heterocycles. The maximum absolute atomic E-state index is 4.87. The zero-order valence-electron chi connectivity index (χ0n) is 13.7. The van der Waals surface area contributed by atoms with E-state index in [-0.39, 0.29) is 0 Å². The quantitative estimate of drug-likeness (QED) is 0.830. The van der Waals surface area contributed by atoms with E-state index in [0.29, 0.717) is 12.0 Å². The Balaban J connectivity index is 2.20. The van der Waals surface area contributed by atoms with E-state index in [1.807, 2.05) is 0 Å². The van der Waals surface area contributed by atoms with Crippen molar-refractivity contribution in [2.45, 2.75) is 72.3 Å². The topological polar surface area (TPSA) is 37.8 Å². The summed E-state index contributed by atoms with van der Waals surface area (Å²) in [5.41, 5.74) is 3.94. The van der Waals surface area contributed by atoms with Gasteiger partial charge in [-0.2, -0.15) is 0 Å². The molecule has 20 heavy (non-hydrogen) atoms. The first-order chi connectivity index (χ1) is 9.56. The standard InChI is InChI=1S/C17H29N3/c1-6-15-13(8-9-18-11(3)4)16(7-2)20-17(19-15)14-10-12(14)5/h11-12,14,18H,6-10H2,1-5H3. The van der Waals surface area contributed by atoms with Crippen LogP contribution in [0.25, 0.3) is 0 Å². The molecule has 0 aromatic carbocycles. The van der Waals surface area contributed by atoms with Crippen LogP contribution in [0.5, 0.6) is 0 Å². The van der Waals surface area contributed by atoms with E-state index < -0.39 is 0 Å². The van der Waals surface area contributed by atoms with Gasteiger partial charge >= 0.3 is 0 Å². The van der Waals surface area contributed by atoms with Gasteiger partial charge in [-0.25, -0.2) is 9.97 Å². The molecule has 2 unspecified atom stereocenters. The summed E-state index contributed by atoms with van der Waals surface area (Å²) >= 11 is 0. The predicted molar refractivity (Wildman–Crippen MR) is 84.2 cm³/mol. The number of nitrogens with zero attached hydrogens (tertiary/aromatic N) is 2. The van der Waals surface area contributed by atoms with Gasteiger partial charge in [-0.05, 0) is 43.7 Å². The predicted octanol–water partition coefficient (Wildman–Crippen LogP) is 3.27. The lowest BCUT2D eigenvalue weighted by Crippen LogP contribution is -2.26. The molecule has 0 aliphatic heterocycles. The second-order valence-corrected chi connectivity index (χ2v) is 6.34. The molecule has 0 bridgehead atoms. The van der Waals surface area contributed by atoms with Gasteiger partial charge in [0.15, 0.2) is 0 Å². The summed E-state index contributed by atoms with van der Waals surface area (Å²) in [6, 6.07) is 0.539. The summed E-state index contributed by atoms with van der Waals surface area (Å²) in [6.45, 7) is 12.1. The van der Waals surface area contributed by atoms with Crippen molar-refractivity contribution in [3.05, 3.63) is 22.8 Å². The van der Waals surface area contributed by atoms with Gasteiger partial charge in [0, 0.05) is 23.3 Å². The normalized spacial score (nSPS) is 21.5. The van der Waals surface area contributed by atoms with Gasteiger partial charge in [0.2, 0.25) is 0 Å². The zero-order valence-corrected chi connectivity index (χ0v) is 13.7. The van der Waals surface area contributed by atoms with Crippen molar-refractivity contribution in [2.75, 3.05) is 6.54 Å². The van der Waals surface area contributed by atoms with Gasteiger partial charge in [-0.1, -0.05) is 34.6 Å². The fraction of sp³-hybridized carbons (Fsp3) is 0.765. The zero-order chi connectivity index (χ0) is 14.7. The molecule has 1 aromatic heterocycles. The Hall–Kier alpha value is -0.960. The third kappa shape index (κ3) is 3.57. The number of hydrogen-bond donors (Lipinski definition) is 1. The van der Waals surface area contributed by atoms with Gasteiger partial charge in [-0.15, -0.1) is 0 Å². The largest absolute Gasteiger partial charge is 0.314 e. The minimum atomic E-state index is 0.539. The molecular formula is C17H29N3. The smallest absolute Gasteiger partial charge is 0.132 e. The van der Waals surface area contributed by atoms with Crippen LogP contribution in [0.15, 0.2) is 0 Å². The minimum absolute atomic E-state index is 0.539. The van der Waals surface area contributed by atoms with E-state index in [0.717, 1.165) is 37.5 Å². The highest BCUT2D eigenvalue weighted by atomic mass is 14.9. The van der Waals surface area contributed by atoms with Crippen molar-refractivity contribution in [2.24, 2.45) is 5.92 Å². The van der Waals surface area contributed by atoms with Crippen molar-refractivity contribution >= 4 is 0 Å². The molecule has 1 aliphatic rings. The van der Waals surface area contributed by atoms with Crippen LogP contribution in [0.2, 0.25) is 0 Å². The molecule has 1 N–H and O–H groups in total. The summed E-state index contributed by atoms with van der Waals surface area (Å²) in [5.74, 6) is 2.50. The van der Waals surface area contributed by atoms with E-state index >= 15 is 0 Å². The van der Waals surface area contributed by atoms with Crippen LogP contribution in [0, 0.1) is 5.92 Å². The van der Waals surface area contributed by atoms with E-state index in [9.17, 15) is 0 Å². The Morgan fingerprint density at radius 2 is 1.70 bits per heavy atom. The average molecular weight is 275 g/mol. The Morgan fingerprint density at radius 1 is 1.15 bits per heavy atom. The molecule has 0 spiro atoms. The number of rotatable bonds is 7. The summed E-state index contributed by atoms with van der Waals surface area (Å²) in [6.07, 6.45) is 4.34. The molecule has 0 radical (unpaired) electrons. The van der Waals surface area contributed by atoms with Gasteiger partial charge < -0.3 is 5.32 Å². The molecule has 1 aromatic rings. The lowest BCUT2D eigenvalue weighted by atomic mass is 10.0. The fourth-order valence-corrected chi connectivity index (χ4v) is 2.81. The summed E-state index contributed by atoms with van der Waals surface area (Å²) < 4.78 is 0. The van der Waals surface area contributed by atoms with Crippen molar-refractivity contribution < 1.29 is 0 Å². The van der Waals surface area contributed by atoms with Crippen LogP contribution in [0.1, 0.15) is 69.7 Å². The molecular weight excluding hydrogens is 246 g/mol. The van der Waals surface area contributed by atoms with Crippen molar-refractivity contribution in [1.82, 2.24) is 15.3 Å². The minimum Gasteiger partial charge on any atom is -0.314 e. The molecule has 1 aliphatic carbocycles. The highest BCUT2D eigenvalue weighted by molar-refractivity contribution is 5.29. The van der Waals surface area contributed by atoms with Crippen LogP contribution in [0.3, 0.4) is 0 Å². The molecule has 1 saturated carbocycles. The van der Waals surface area contributed by atoms with E-state index in [2.05, 4.69) is 39.9 Å². The molecule has 1 fully saturated rings. The lowest BCUT2D eigenvalue weighted by Gasteiger charge is -2.15. The van der Waals surface area contributed by atoms with Crippen molar-refractivity contribution in [3.8, 4) is 0 Å². The second kappa shape index (κ2) is 6.66. The van der Waals surface area contributed by atoms with Crippen LogP contribution < -0.4 is 5.32 Å². The molecule has 3 heteroatoms. The highest BCUT2D eigenvalue weighted by Crippen LogP contribution is 2.45. The van der Waals surface area contributed by atoms with Crippen molar-refractivity contribution in [3.63, 3.8) is 0 Å². The molecule has 112 valence electrons. The monoisotopic (exact) mass is 275 g/mol. The first-order valence-corrected chi connectivity index (χ1v) is 8.18. The summed E-state index contributed by atoms with van der Waals surface area (Å²) in [5, 5.41) is 3.50. The number of nitrogens with one attached hydrogen (secondary N) is 1. The first-order valence-electron chi connectivity index (χ1n) is 8.18. The van der Waals surface area contributed by atoms with Crippen molar-refractivity contribution in [1.29, 1.82) is 0 Å². The molecule has 0 saturated heterocycles. The third-order valence-corrected chi connectivity index (χ3v) is 4.23. The Bertz CT molecular complexity index is 429. The number of aromatic nitrogens is 2. The van der Waals surface area contributed by atoms with Crippen LogP contribution in [-0.2, 0) is 19.3 Å². The van der Waals surface area contributed by atoms with Crippen LogP contribution in [0.4, 0.5) is 0 Å². The highest BCUT2D eigenvalue weighted by Gasteiger charge is 2.37. The average Bonchev–Trinajstić information content (AvgIpc) is 3.15. The summed E-state index contributed by atoms with van der Waals surface area (Å²) in [4.78, 5) is 9.74. The van der Waals surface area contributed by atoms with Gasteiger partial charge in [-0.3, -0.25) is 0 Å². The Kier molecular flexibility index (Phi) is 5.14. The fourth-order valence-electron chi connectivity index (χ4n) is 2.81. The Labute approximate surface area is 123 Å². The first kappa shape index (κ1) is 15.4. The molecule has 2 rings (SSSR count). The molecule has 2 atom stereocenters. The molecule has 3 nitrogen and oxygen atoms in total. The van der Waals surface area contributed by atoms with Gasteiger partial charge in [0.25, 0.3) is 0 Å². The van der Waals surface area contributed by atoms with Crippen LogP contribution >= 0.6 is 0 Å². The SMILES string of the molecule is CCc1nc(C2CC2C)nc(CC)c1CCNC(C)C. The Morgan fingerprint density at radius 3 is 2.10 bits per heavy atom. The molecule has 0 amide bonds. The maximum atomic E-state index is 4.87. The lowest BCUT2D eigenvalue weighted by molar-refractivity contribution is 0.585. The maximum Gasteiger partial charge on any atom is 0.132 e.